The number of hydrogen-bond donors (Lipinski definition) is 1. The number of hydrogen-bond acceptors (Lipinski definition) is 3. The lowest BCUT2D eigenvalue weighted by Gasteiger charge is -2.33. The Labute approximate surface area is 153 Å². The largest absolute Gasteiger partial charge is 0.438 e. The summed E-state index contributed by atoms with van der Waals surface area (Å²) in [5.41, 5.74) is 2.80. The molecule has 0 bridgehead atoms. The summed E-state index contributed by atoms with van der Waals surface area (Å²) >= 11 is 6.61. The summed E-state index contributed by atoms with van der Waals surface area (Å²) < 4.78 is 5.35. The normalized spacial score (nSPS) is 14.4. The first-order valence-corrected chi connectivity index (χ1v) is 8.62. The molecule has 0 saturated heterocycles. The van der Waals surface area contributed by atoms with E-state index < -0.39 is 11.7 Å². The molecule has 0 aliphatic carbocycles. The van der Waals surface area contributed by atoms with E-state index in [0.29, 0.717) is 16.3 Å². The number of carbonyl (C=O) groups excluding carboxylic acids is 2. The molecule has 25 heavy (non-hydrogen) atoms. The van der Waals surface area contributed by atoms with E-state index in [1.54, 1.807) is 26.0 Å². The highest BCUT2D eigenvalue weighted by atomic mass is 35.5. The molecule has 0 spiro atoms. The molecule has 0 atom stereocenters. The van der Waals surface area contributed by atoms with Gasteiger partial charge >= 0.3 is 6.09 Å². The maximum Gasteiger partial charge on any atom is 0.412 e. The first-order valence-electron chi connectivity index (χ1n) is 8.24. The zero-order valence-electron chi connectivity index (χ0n) is 15.1. The fourth-order valence-electron chi connectivity index (χ4n) is 2.82. The molecule has 4 nitrogen and oxygen atoms in total. The van der Waals surface area contributed by atoms with E-state index in [0.717, 1.165) is 16.7 Å². The lowest BCUT2D eigenvalue weighted by atomic mass is 9.90. The Morgan fingerprint density at radius 3 is 2.48 bits per heavy atom. The van der Waals surface area contributed by atoms with Crippen LogP contribution in [0.3, 0.4) is 0 Å². The zero-order chi connectivity index (χ0) is 18.8. The molecule has 1 aliphatic heterocycles. The Balaban J connectivity index is 0.00000109. The fourth-order valence-corrected chi connectivity index (χ4v) is 3.32. The van der Waals surface area contributed by atoms with Crippen molar-refractivity contribution in [2.75, 3.05) is 5.32 Å². The van der Waals surface area contributed by atoms with Crippen LogP contribution in [0.2, 0.25) is 5.02 Å². The van der Waals surface area contributed by atoms with Crippen molar-refractivity contribution in [2.45, 2.75) is 40.2 Å². The van der Waals surface area contributed by atoms with E-state index in [1.807, 2.05) is 38.1 Å². The molecule has 1 aliphatic rings. The van der Waals surface area contributed by atoms with Crippen LogP contribution in [0.4, 0.5) is 10.5 Å². The van der Waals surface area contributed by atoms with Gasteiger partial charge in [-0.2, -0.15) is 0 Å². The van der Waals surface area contributed by atoms with E-state index >= 15 is 0 Å². The SMILES string of the molecule is CC.CC(=O)c1cccc(-c2ccc3c(c2Cl)C(C)(C)OC(=O)N3)c1. The highest BCUT2D eigenvalue weighted by Gasteiger charge is 2.36. The Morgan fingerprint density at radius 1 is 1.16 bits per heavy atom. The van der Waals surface area contributed by atoms with Gasteiger partial charge in [-0.05, 0) is 38.5 Å². The molecule has 1 heterocycles. The third-order valence-electron chi connectivity index (χ3n) is 3.91. The first-order chi connectivity index (χ1) is 11.8. The second-order valence-corrected chi connectivity index (χ2v) is 6.39. The van der Waals surface area contributed by atoms with Gasteiger partial charge in [0.2, 0.25) is 0 Å². The van der Waals surface area contributed by atoms with Gasteiger partial charge in [-0.1, -0.05) is 49.7 Å². The monoisotopic (exact) mass is 359 g/mol. The number of Topliss-reactive ketones (excluding diaryl/α,β-unsaturated/α-hetero) is 1. The third-order valence-corrected chi connectivity index (χ3v) is 4.30. The van der Waals surface area contributed by atoms with Gasteiger partial charge in [-0.25, -0.2) is 4.79 Å². The summed E-state index contributed by atoms with van der Waals surface area (Å²) in [4.78, 5) is 23.2. The Bertz CT molecular complexity index is 828. The Hall–Kier alpha value is -2.33. The summed E-state index contributed by atoms with van der Waals surface area (Å²) in [5.74, 6) is -0.00291. The predicted molar refractivity (Wildman–Crippen MR) is 101 cm³/mol. The molecule has 1 amide bonds. The number of carbonyl (C=O) groups is 2. The molecule has 132 valence electrons. The third kappa shape index (κ3) is 3.69. The van der Waals surface area contributed by atoms with Crippen molar-refractivity contribution in [3.8, 4) is 11.1 Å². The molecule has 1 N–H and O–H groups in total. The van der Waals surface area contributed by atoms with Crippen molar-refractivity contribution in [3.05, 3.63) is 52.5 Å². The molecule has 0 radical (unpaired) electrons. The van der Waals surface area contributed by atoms with Gasteiger partial charge in [0.1, 0.15) is 5.60 Å². The van der Waals surface area contributed by atoms with Crippen LogP contribution in [0, 0.1) is 0 Å². The van der Waals surface area contributed by atoms with Gasteiger partial charge in [-0.15, -0.1) is 0 Å². The van der Waals surface area contributed by atoms with Gasteiger partial charge in [0.15, 0.2) is 5.78 Å². The minimum Gasteiger partial charge on any atom is -0.438 e. The molecule has 0 saturated carbocycles. The van der Waals surface area contributed by atoms with Gasteiger partial charge in [-0.3, -0.25) is 10.1 Å². The molecular formula is C20H22ClNO3. The van der Waals surface area contributed by atoms with Gasteiger partial charge < -0.3 is 4.74 Å². The molecule has 2 aromatic carbocycles. The highest BCUT2D eigenvalue weighted by Crippen LogP contribution is 2.44. The lowest BCUT2D eigenvalue weighted by Crippen LogP contribution is -2.35. The van der Waals surface area contributed by atoms with Crippen molar-refractivity contribution >= 4 is 29.2 Å². The molecule has 3 rings (SSSR count). The first kappa shape index (κ1) is 19.0. The highest BCUT2D eigenvalue weighted by molar-refractivity contribution is 6.35. The summed E-state index contributed by atoms with van der Waals surface area (Å²) in [5, 5.41) is 3.17. The maximum absolute atomic E-state index is 11.6. The number of nitrogens with one attached hydrogen (secondary N) is 1. The number of cyclic esters (lactones) is 1. The standard InChI is InChI=1S/C18H16ClNO3.C2H6/c1-10(21)11-5-4-6-12(9-11)13-7-8-14-15(16(13)19)18(2,3)23-17(22)20-14;1-2/h4-9H,1-3H3,(H,20,22);1-2H3. The van der Waals surface area contributed by atoms with Crippen LogP contribution < -0.4 is 5.32 Å². The topological polar surface area (TPSA) is 55.4 Å². The quantitative estimate of drug-likeness (QED) is 0.665. The van der Waals surface area contributed by atoms with Crippen LogP contribution >= 0.6 is 11.6 Å². The number of anilines is 1. The van der Waals surface area contributed by atoms with Gasteiger partial charge in [0.25, 0.3) is 0 Å². The van der Waals surface area contributed by atoms with Crippen molar-refractivity contribution in [1.82, 2.24) is 0 Å². The van der Waals surface area contributed by atoms with E-state index in [9.17, 15) is 9.59 Å². The summed E-state index contributed by atoms with van der Waals surface area (Å²) in [6, 6.07) is 10.9. The number of amides is 1. The van der Waals surface area contributed by atoms with Crippen molar-refractivity contribution in [3.63, 3.8) is 0 Å². The summed E-state index contributed by atoms with van der Waals surface area (Å²) in [6.45, 7) is 9.12. The smallest absolute Gasteiger partial charge is 0.412 e. The van der Waals surface area contributed by atoms with Gasteiger partial charge in [0.05, 0.1) is 10.7 Å². The number of rotatable bonds is 2. The van der Waals surface area contributed by atoms with Crippen LogP contribution in [0.25, 0.3) is 11.1 Å². The lowest BCUT2D eigenvalue weighted by molar-refractivity contribution is 0.0421. The fraction of sp³-hybridized carbons (Fsp3) is 0.300. The molecule has 0 fully saturated rings. The van der Waals surface area contributed by atoms with Crippen LogP contribution in [-0.4, -0.2) is 11.9 Å². The second-order valence-electron chi connectivity index (χ2n) is 6.01. The molecular weight excluding hydrogens is 338 g/mol. The van der Waals surface area contributed by atoms with Crippen LogP contribution in [-0.2, 0) is 10.3 Å². The van der Waals surface area contributed by atoms with Crippen molar-refractivity contribution in [1.29, 1.82) is 0 Å². The number of benzene rings is 2. The number of ketones is 1. The van der Waals surface area contributed by atoms with Crippen LogP contribution in [0.5, 0.6) is 0 Å². The minimum atomic E-state index is -0.830. The molecule has 5 heteroatoms. The Kier molecular flexibility index (Phi) is 5.53. The zero-order valence-corrected chi connectivity index (χ0v) is 15.8. The predicted octanol–water partition coefficient (Wildman–Crippen LogP) is 6.03. The average molecular weight is 360 g/mol. The Morgan fingerprint density at radius 2 is 1.84 bits per heavy atom. The van der Waals surface area contributed by atoms with Crippen LogP contribution in [0.15, 0.2) is 36.4 Å². The molecule has 0 unspecified atom stereocenters. The van der Waals surface area contributed by atoms with E-state index in [-0.39, 0.29) is 5.78 Å². The number of halogens is 1. The van der Waals surface area contributed by atoms with E-state index in [1.165, 1.54) is 6.92 Å². The van der Waals surface area contributed by atoms with Gasteiger partial charge in [0, 0.05) is 16.7 Å². The molecule has 0 aromatic heterocycles. The van der Waals surface area contributed by atoms with E-state index in [4.69, 9.17) is 16.3 Å². The summed E-state index contributed by atoms with van der Waals surface area (Å²) in [7, 11) is 0. The number of fused-ring (bicyclic) bond motifs is 1. The van der Waals surface area contributed by atoms with E-state index in [2.05, 4.69) is 5.32 Å². The average Bonchev–Trinajstić information content (AvgIpc) is 2.55. The van der Waals surface area contributed by atoms with Crippen LogP contribution in [0.1, 0.15) is 50.5 Å². The minimum absolute atomic E-state index is 0.00291. The molecule has 2 aromatic rings. The second kappa shape index (κ2) is 7.28. The van der Waals surface area contributed by atoms with Crippen molar-refractivity contribution in [2.24, 2.45) is 0 Å². The van der Waals surface area contributed by atoms with Crippen molar-refractivity contribution < 1.29 is 14.3 Å². The summed E-state index contributed by atoms with van der Waals surface area (Å²) in [6.07, 6.45) is -0.495. The maximum atomic E-state index is 11.6. The number of ether oxygens (including phenoxy) is 1.